The number of aromatic nitrogens is 3. The fourth-order valence-electron chi connectivity index (χ4n) is 2.47. The van der Waals surface area contributed by atoms with Crippen molar-refractivity contribution in [1.29, 1.82) is 0 Å². The van der Waals surface area contributed by atoms with Crippen LogP contribution in [-0.2, 0) is 13.2 Å². The van der Waals surface area contributed by atoms with Gasteiger partial charge in [0.2, 0.25) is 0 Å². The van der Waals surface area contributed by atoms with Crippen molar-refractivity contribution in [3.8, 4) is 0 Å². The Morgan fingerprint density at radius 3 is 3.00 bits per heavy atom. The van der Waals surface area contributed by atoms with Crippen LogP contribution in [-0.4, -0.2) is 19.9 Å². The van der Waals surface area contributed by atoms with E-state index in [4.69, 9.17) is 5.11 Å². The molecule has 0 bridgehead atoms. The molecular formula is C11H19N3O. The highest BCUT2D eigenvalue weighted by atomic mass is 16.3. The first-order valence-corrected chi connectivity index (χ1v) is 5.79. The number of nitrogens with zero attached hydrogens (tertiary/aromatic N) is 3. The van der Waals surface area contributed by atoms with E-state index in [-0.39, 0.29) is 6.61 Å². The lowest BCUT2D eigenvalue weighted by Crippen LogP contribution is -2.22. The largest absolute Gasteiger partial charge is 0.388 e. The summed E-state index contributed by atoms with van der Waals surface area (Å²) >= 11 is 0. The Balaban J connectivity index is 2.01. The van der Waals surface area contributed by atoms with Gasteiger partial charge >= 0.3 is 0 Å². The third kappa shape index (κ3) is 2.37. The van der Waals surface area contributed by atoms with E-state index in [2.05, 4.69) is 17.1 Å². The molecule has 2 atom stereocenters. The second kappa shape index (κ2) is 4.75. The van der Waals surface area contributed by atoms with Crippen LogP contribution in [0.4, 0.5) is 0 Å². The monoisotopic (exact) mass is 209 g/mol. The molecule has 1 aliphatic carbocycles. The molecule has 0 aliphatic heterocycles. The maximum absolute atomic E-state index is 9.08. The maximum atomic E-state index is 9.08. The topological polar surface area (TPSA) is 50.9 Å². The Hall–Kier alpha value is -0.900. The molecule has 1 N–H and O–H groups in total. The first-order valence-electron chi connectivity index (χ1n) is 5.79. The van der Waals surface area contributed by atoms with Crippen LogP contribution in [0.25, 0.3) is 0 Å². The van der Waals surface area contributed by atoms with E-state index >= 15 is 0 Å². The van der Waals surface area contributed by atoms with Gasteiger partial charge in [-0.25, -0.2) is 0 Å². The summed E-state index contributed by atoms with van der Waals surface area (Å²) in [5.74, 6) is 2.19. The molecule has 0 saturated heterocycles. The Bertz CT molecular complexity index is 311. The maximum Gasteiger partial charge on any atom is 0.158 e. The zero-order chi connectivity index (χ0) is 10.7. The van der Waals surface area contributed by atoms with Crippen molar-refractivity contribution in [2.75, 3.05) is 0 Å². The summed E-state index contributed by atoms with van der Waals surface area (Å²) in [5, 5.41) is 16.8. The van der Waals surface area contributed by atoms with Gasteiger partial charge in [0.1, 0.15) is 12.9 Å². The lowest BCUT2D eigenvalue weighted by atomic mass is 9.80. The van der Waals surface area contributed by atoms with Crippen LogP contribution in [0.3, 0.4) is 0 Å². The minimum Gasteiger partial charge on any atom is -0.388 e. The lowest BCUT2D eigenvalue weighted by molar-refractivity contribution is 0.215. The Morgan fingerprint density at radius 1 is 1.47 bits per heavy atom. The van der Waals surface area contributed by atoms with Gasteiger partial charge in [0.05, 0.1) is 0 Å². The SMILES string of the molecule is CC1CCCCC1Cn1cnnc1CO. The average molecular weight is 209 g/mol. The summed E-state index contributed by atoms with van der Waals surface area (Å²) in [4.78, 5) is 0. The van der Waals surface area contributed by atoms with Gasteiger partial charge in [0.25, 0.3) is 0 Å². The molecule has 2 rings (SSSR count). The van der Waals surface area contributed by atoms with Crippen LogP contribution >= 0.6 is 0 Å². The van der Waals surface area contributed by atoms with Crippen LogP contribution in [0.5, 0.6) is 0 Å². The second-order valence-corrected chi connectivity index (χ2v) is 4.58. The molecule has 0 radical (unpaired) electrons. The van der Waals surface area contributed by atoms with Crippen molar-refractivity contribution < 1.29 is 5.11 Å². The van der Waals surface area contributed by atoms with Crippen molar-refractivity contribution >= 4 is 0 Å². The van der Waals surface area contributed by atoms with Gasteiger partial charge < -0.3 is 9.67 Å². The molecule has 1 fully saturated rings. The molecule has 1 aliphatic rings. The van der Waals surface area contributed by atoms with Gasteiger partial charge in [-0.05, 0) is 18.3 Å². The van der Waals surface area contributed by atoms with Gasteiger partial charge in [-0.3, -0.25) is 0 Å². The van der Waals surface area contributed by atoms with E-state index in [1.807, 2.05) is 4.57 Å². The third-order valence-corrected chi connectivity index (χ3v) is 3.56. The molecule has 15 heavy (non-hydrogen) atoms. The number of hydrogen-bond donors (Lipinski definition) is 1. The summed E-state index contributed by atoms with van der Waals surface area (Å²) < 4.78 is 1.99. The van der Waals surface area contributed by atoms with Crippen molar-refractivity contribution in [3.05, 3.63) is 12.2 Å². The fourth-order valence-corrected chi connectivity index (χ4v) is 2.47. The quantitative estimate of drug-likeness (QED) is 0.822. The average Bonchev–Trinajstić information content (AvgIpc) is 2.69. The highest BCUT2D eigenvalue weighted by Gasteiger charge is 2.22. The standard InChI is InChI=1S/C11H19N3O/c1-9-4-2-3-5-10(9)6-14-8-12-13-11(14)7-15/h8-10,15H,2-7H2,1H3. The third-order valence-electron chi connectivity index (χ3n) is 3.56. The highest BCUT2D eigenvalue weighted by molar-refractivity contribution is 4.84. The normalized spacial score (nSPS) is 26.8. The van der Waals surface area contributed by atoms with Gasteiger partial charge in [-0.15, -0.1) is 10.2 Å². The molecule has 0 amide bonds. The molecule has 84 valence electrons. The van der Waals surface area contributed by atoms with Gasteiger partial charge in [0, 0.05) is 6.54 Å². The first kappa shape index (κ1) is 10.6. The van der Waals surface area contributed by atoms with E-state index in [0.717, 1.165) is 18.4 Å². The van der Waals surface area contributed by atoms with Crippen LogP contribution in [0, 0.1) is 11.8 Å². The number of aliphatic hydroxyl groups excluding tert-OH is 1. The zero-order valence-electron chi connectivity index (χ0n) is 9.26. The zero-order valence-corrected chi connectivity index (χ0v) is 9.26. The predicted octanol–water partition coefficient (Wildman–Crippen LogP) is 1.60. The van der Waals surface area contributed by atoms with E-state index in [0.29, 0.717) is 5.82 Å². The summed E-state index contributed by atoms with van der Waals surface area (Å²) in [6.45, 7) is 3.28. The summed E-state index contributed by atoms with van der Waals surface area (Å²) in [5.41, 5.74) is 0. The Labute approximate surface area is 90.3 Å². The molecule has 0 spiro atoms. The number of rotatable bonds is 3. The Morgan fingerprint density at radius 2 is 2.27 bits per heavy atom. The minimum atomic E-state index is -0.0128. The van der Waals surface area contributed by atoms with E-state index in [9.17, 15) is 0 Å². The molecule has 4 nitrogen and oxygen atoms in total. The smallest absolute Gasteiger partial charge is 0.158 e. The van der Waals surface area contributed by atoms with Crippen molar-refractivity contribution in [2.24, 2.45) is 11.8 Å². The van der Waals surface area contributed by atoms with Crippen LogP contribution in [0.2, 0.25) is 0 Å². The van der Waals surface area contributed by atoms with Crippen LogP contribution in [0.15, 0.2) is 6.33 Å². The van der Waals surface area contributed by atoms with Crippen molar-refractivity contribution in [3.63, 3.8) is 0 Å². The second-order valence-electron chi connectivity index (χ2n) is 4.58. The molecule has 4 heteroatoms. The molecule has 0 aromatic carbocycles. The fraction of sp³-hybridized carbons (Fsp3) is 0.818. The lowest BCUT2D eigenvalue weighted by Gasteiger charge is -2.29. The molecular weight excluding hydrogens is 190 g/mol. The van der Waals surface area contributed by atoms with E-state index < -0.39 is 0 Å². The predicted molar refractivity (Wildman–Crippen MR) is 57.1 cm³/mol. The molecule has 1 aromatic heterocycles. The summed E-state index contributed by atoms with van der Waals surface area (Å²) in [6, 6.07) is 0. The Kier molecular flexibility index (Phi) is 3.36. The number of aliphatic hydroxyl groups is 1. The first-order chi connectivity index (χ1) is 7.31. The van der Waals surface area contributed by atoms with Gasteiger partial charge in [-0.1, -0.05) is 26.2 Å². The highest BCUT2D eigenvalue weighted by Crippen LogP contribution is 2.30. The van der Waals surface area contributed by atoms with Gasteiger partial charge in [-0.2, -0.15) is 0 Å². The molecule has 2 unspecified atom stereocenters. The van der Waals surface area contributed by atoms with Gasteiger partial charge in [0.15, 0.2) is 5.82 Å². The van der Waals surface area contributed by atoms with E-state index in [1.165, 1.54) is 25.7 Å². The molecule has 1 heterocycles. The molecule has 1 aromatic rings. The van der Waals surface area contributed by atoms with Crippen LogP contribution < -0.4 is 0 Å². The van der Waals surface area contributed by atoms with E-state index in [1.54, 1.807) is 6.33 Å². The van der Waals surface area contributed by atoms with Crippen molar-refractivity contribution in [1.82, 2.24) is 14.8 Å². The summed E-state index contributed by atoms with van der Waals surface area (Å²) in [6.07, 6.45) is 7.07. The summed E-state index contributed by atoms with van der Waals surface area (Å²) in [7, 11) is 0. The minimum absolute atomic E-state index is 0.0128. The molecule has 1 saturated carbocycles. The van der Waals surface area contributed by atoms with Crippen molar-refractivity contribution in [2.45, 2.75) is 45.8 Å². The number of hydrogen-bond acceptors (Lipinski definition) is 3. The van der Waals surface area contributed by atoms with Crippen LogP contribution in [0.1, 0.15) is 38.4 Å².